The van der Waals surface area contributed by atoms with Crippen LogP contribution in [0.5, 0.6) is 0 Å². The van der Waals surface area contributed by atoms with E-state index in [0.717, 1.165) is 5.56 Å². The van der Waals surface area contributed by atoms with E-state index in [9.17, 15) is 18.0 Å². The molecule has 27 heavy (non-hydrogen) atoms. The molecular weight excluding hydrogens is 366 g/mol. The van der Waals surface area contributed by atoms with Crippen LogP contribution in [0.2, 0.25) is 0 Å². The van der Waals surface area contributed by atoms with E-state index >= 15 is 0 Å². The lowest BCUT2D eigenvalue weighted by Gasteiger charge is -2.09. The number of esters is 1. The van der Waals surface area contributed by atoms with Gasteiger partial charge in [0.05, 0.1) is 17.5 Å². The molecule has 0 atom stereocenters. The Kier molecular flexibility index (Phi) is 5.14. The van der Waals surface area contributed by atoms with Gasteiger partial charge in [-0.1, -0.05) is 29.8 Å². The monoisotopic (exact) mass is 385 g/mol. The molecule has 0 aliphatic carbocycles. The van der Waals surface area contributed by atoms with E-state index in [1.54, 1.807) is 48.5 Å². The third-order valence-corrected chi connectivity index (χ3v) is 6.03. The van der Waals surface area contributed by atoms with Crippen molar-refractivity contribution in [1.82, 2.24) is 3.97 Å². The largest absolute Gasteiger partial charge is 0.469 e. The Morgan fingerprint density at radius 3 is 2.41 bits per heavy atom. The van der Waals surface area contributed by atoms with Gasteiger partial charge in [0.15, 0.2) is 0 Å². The molecule has 140 valence electrons. The third kappa shape index (κ3) is 3.78. The van der Waals surface area contributed by atoms with Crippen molar-refractivity contribution < 1.29 is 22.7 Å². The number of ether oxygens (including phenoxy) is 1. The summed E-state index contributed by atoms with van der Waals surface area (Å²) in [5.74, 6) is -0.879. The molecule has 0 fully saturated rings. The number of nitrogens with zero attached hydrogens (tertiary/aromatic N) is 1. The summed E-state index contributed by atoms with van der Waals surface area (Å²) < 4.78 is 31.7. The quantitative estimate of drug-likeness (QED) is 0.481. The lowest BCUT2D eigenvalue weighted by Crippen LogP contribution is -2.12. The van der Waals surface area contributed by atoms with Gasteiger partial charge in [0.2, 0.25) is 0 Å². The predicted octanol–water partition coefficient (Wildman–Crippen LogP) is 2.86. The Labute approximate surface area is 157 Å². The van der Waals surface area contributed by atoms with Crippen molar-refractivity contribution in [1.29, 1.82) is 0 Å². The van der Waals surface area contributed by atoms with Gasteiger partial charge < -0.3 is 4.74 Å². The van der Waals surface area contributed by atoms with Crippen LogP contribution in [0.25, 0.3) is 10.9 Å². The number of methoxy groups -OCH3 is 1. The Morgan fingerprint density at radius 1 is 1.04 bits per heavy atom. The van der Waals surface area contributed by atoms with Crippen molar-refractivity contribution in [2.24, 2.45) is 0 Å². The van der Waals surface area contributed by atoms with Crippen LogP contribution in [-0.2, 0) is 30.8 Å². The number of aryl methyl sites for hydroxylation is 1. The molecule has 7 heteroatoms. The van der Waals surface area contributed by atoms with Crippen molar-refractivity contribution >= 4 is 32.7 Å². The summed E-state index contributed by atoms with van der Waals surface area (Å²) in [5.41, 5.74) is 2.12. The lowest BCUT2D eigenvalue weighted by atomic mass is 10.0. The zero-order valence-electron chi connectivity index (χ0n) is 15.0. The number of aromatic nitrogens is 1. The second-order valence-electron chi connectivity index (χ2n) is 6.25. The summed E-state index contributed by atoms with van der Waals surface area (Å²) in [6.45, 7) is 1.89. The second-order valence-corrected chi connectivity index (χ2v) is 8.06. The standard InChI is InChI=1S/C20H19NO5S/c1-14-6-8-17(9-7-14)27(24,25)21-11-10-18-15(4-3-5-19(18)21)12-16(22)13-20(23)26-2/h3-11H,12-13H2,1-2H3. The maximum absolute atomic E-state index is 13.0. The highest BCUT2D eigenvalue weighted by molar-refractivity contribution is 7.90. The first-order valence-corrected chi connectivity index (χ1v) is 9.76. The predicted molar refractivity (Wildman–Crippen MR) is 101 cm³/mol. The molecule has 0 N–H and O–H groups in total. The fourth-order valence-electron chi connectivity index (χ4n) is 2.90. The van der Waals surface area contributed by atoms with Crippen LogP contribution >= 0.6 is 0 Å². The first-order chi connectivity index (χ1) is 12.8. The van der Waals surface area contributed by atoms with Gasteiger partial charge >= 0.3 is 5.97 Å². The molecule has 0 unspecified atom stereocenters. The van der Waals surface area contributed by atoms with E-state index in [-0.39, 0.29) is 23.5 Å². The highest BCUT2D eigenvalue weighted by Crippen LogP contribution is 2.25. The molecule has 3 rings (SSSR count). The number of Topliss-reactive ketones (excluding diaryl/α,β-unsaturated/α-hetero) is 1. The van der Waals surface area contributed by atoms with Crippen LogP contribution in [0.4, 0.5) is 0 Å². The summed E-state index contributed by atoms with van der Waals surface area (Å²) in [7, 11) is -2.52. The van der Waals surface area contributed by atoms with E-state index in [0.29, 0.717) is 16.5 Å². The van der Waals surface area contributed by atoms with Crippen LogP contribution in [0.3, 0.4) is 0 Å². The lowest BCUT2D eigenvalue weighted by molar-refractivity contribution is -0.143. The molecule has 1 heterocycles. The van der Waals surface area contributed by atoms with Gasteiger partial charge in [-0.05, 0) is 36.8 Å². The molecule has 0 saturated carbocycles. The Balaban J connectivity index is 1.99. The SMILES string of the molecule is COC(=O)CC(=O)Cc1cccc2c1ccn2S(=O)(=O)c1ccc(C)cc1. The van der Waals surface area contributed by atoms with E-state index in [4.69, 9.17) is 0 Å². The molecule has 0 aliphatic heterocycles. The molecule has 0 spiro atoms. The van der Waals surface area contributed by atoms with E-state index in [2.05, 4.69) is 4.74 Å². The zero-order valence-corrected chi connectivity index (χ0v) is 15.8. The molecule has 2 aromatic carbocycles. The van der Waals surface area contributed by atoms with Crippen LogP contribution in [0.15, 0.2) is 59.6 Å². The van der Waals surface area contributed by atoms with Gasteiger partial charge in [-0.15, -0.1) is 0 Å². The number of rotatable bonds is 6. The summed E-state index contributed by atoms with van der Waals surface area (Å²) in [5, 5.41) is 0.659. The maximum atomic E-state index is 13.0. The fraction of sp³-hybridized carbons (Fsp3) is 0.200. The van der Waals surface area contributed by atoms with Gasteiger partial charge in [-0.25, -0.2) is 12.4 Å². The van der Waals surface area contributed by atoms with Crippen LogP contribution in [-0.4, -0.2) is 31.3 Å². The van der Waals surface area contributed by atoms with Crippen molar-refractivity contribution in [3.8, 4) is 0 Å². The molecular formula is C20H19NO5S. The molecule has 0 bridgehead atoms. The first-order valence-electron chi connectivity index (χ1n) is 8.32. The molecule has 0 radical (unpaired) electrons. The molecule has 6 nitrogen and oxygen atoms in total. The summed E-state index contributed by atoms with van der Waals surface area (Å²) in [6.07, 6.45) is 1.20. The topological polar surface area (TPSA) is 82.4 Å². The highest BCUT2D eigenvalue weighted by atomic mass is 32.2. The number of ketones is 1. The van der Waals surface area contributed by atoms with Crippen LogP contribution in [0.1, 0.15) is 17.5 Å². The highest BCUT2D eigenvalue weighted by Gasteiger charge is 2.20. The normalized spacial score (nSPS) is 11.5. The minimum absolute atomic E-state index is 0.0288. The molecule has 1 aromatic heterocycles. The average molecular weight is 385 g/mol. The molecule has 0 aliphatic rings. The third-order valence-electron chi connectivity index (χ3n) is 4.32. The number of fused-ring (bicyclic) bond motifs is 1. The van der Waals surface area contributed by atoms with Crippen molar-refractivity contribution in [3.63, 3.8) is 0 Å². The Bertz CT molecular complexity index is 1110. The summed E-state index contributed by atoms with van der Waals surface area (Å²) >= 11 is 0. The van der Waals surface area contributed by atoms with Gasteiger partial charge in [-0.3, -0.25) is 9.59 Å². The van der Waals surface area contributed by atoms with E-state index in [1.165, 1.54) is 17.3 Å². The fourth-order valence-corrected chi connectivity index (χ4v) is 4.25. The van der Waals surface area contributed by atoms with Gasteiger partial charge in [0, 0.05) is 18.0 Å². The van der Waals surface area contributed by atoms with Crippen LogP contribution < -0.4 is 0 Å². The second kappa shape index (κ2) is 7.36. The van der Waals surface area contributed by atoms with Crippen molar-refractivity contribution in [2.75, 3.05) is 7.11 Å². The van der Waals surface area contributed by atoms with Crippen molar-refractivity contribution in [3.05, 3.63) is 65.9 Å². The average Bonchev–Trinajstić information content (AvgIpc) is 3.08. The first kappa shape index (κ1) is 18.8. The van der Waals surface area contributed by atoms with E-state index in [1.807, 2.05) is 6.92 Å². The molecule has 0 saturated heterocycles. The molecule has 3 aromatic rings. The van der Waals surface area contributed by atoms with Gasteiger partial charge in [0.1, 0.15) is 12.2 Å². The number of benzene rings is 2. The zero-order chi connectivity index (χ0) is 19.6. The summed E-state index contributed by atoms with van der Waals surface area (Å²) in [4.78, 5) is 23.5. The van der Waals surface area contributed by atoms with E-state index < -0.39 is 16.0 Å². The number of hydrogen-bond acceptors (Lipinski definition) is 5. The Morgan fingerprint density at radius 2 is 1.74 bits per heavy atom. The minimum Gasteiger partial charge on any atom is -0.469 e. The smallest absolute Gasteiger partial charge is 0.313 e. The maximum Gasteiger partial charge on any atom is 0.313 e. The number of carbonyl (C=O) groups excluding carboxylic acids is 2. The Hall–Kier alpha value is -2.93. The van der Waals surface area contributed by atoms with Crippen LogP contribution in [0, 0.1) is 6.92 Å². The summed E-state index contributed by atoms with van der Waals surface area (Å²) in [6, 6.07) is 13.4. The molecule has 0 amide bonds. The number of hydrogen-bond donors (Lipinski definition) is 0. The van der Waals surface area contributed by atoms with Gasteiger partial charge in [-0.2, -0.15) is 0 Å². The van der Waals surface area contributed by atoms with Gasteiger partial charge in [0.25, 0.3) is 10.0 Å². The minimum atomic E-state index is -3.75. The number of carbonyl (C=O) groups is 2. The van der Waals surface area contributed by atoms with Crippen molar-refractivity contribution in [2.45, 2.75) is 24.7 Å².